The molecule has 0 aliphatic rings. The van der Waals surface area contributed by atoms with Crippen molar-refractivity contribution in [3.63, 3.8) is 0 Å². The minimum Gasteiger partial charge on any atom is -0.490 e. The maximum absolute atomic E-state index is 12.5. The second-order valence-electron chi connectivity index (χ2n) is 6.41. The molecule has 148 valence electrons. The molecule has 0 bridgehead atoms. The van der Waals surface area contributed by atoms with Crippen LogP contribution in [-0.4, -0.2) is 40.3 Å². The SMILES string of the molecule is CCCOc1ccc(C(=O)NCCc2nnc3ccccn23)cc1OCCC. The van der Waals surface area contributed by atoms with Gasteiger partial charge in [0.15, 0.2) is 17.1 Å². The average Bonchev–Trinajstić information content (AvgIpc) is 3.14. The van der Waals surface area contributed by atoms with Crippen molar-refractivity contribution in [1.29, 1.82) is 0 Å². The largest absolute Gasteiger partial charge is 0.490 e. The third kappa shape index (κ3) is 4.79. The van der Waals surface area contributed by atoms with E-state index in [4.69, 9.17) is 9.47 Å². The first-order valence-corrected chi connectivity index (χ1v) is 9.69. The third-order valence-electron chi connectivity index (χ3n) is 4.15. The van der Waals surface area contributed by atoms with E-state index in [-0.39, 0.29) is 5.91 Å². The van der Waals surface area contributed by atoms with Gasteiger partial charge < -0.3 is 14.8 Å². The molecule has 0 spiro atoms. The summed E-state index contributed by atoms with van der Waals surface area (Å²) in [4.78, 5) is 12.5. The Morgan fingerprint density at radius 2 is 1.82 bits per heavy atom. The van der Waals surface area contributed by atoms with Crippen LogP contribution in [0.15, 0.2) is 42.6 Å². The van der Waals surface area contributed by atoms with Crippen molar-refractivity contribution in [2.45, 2.75) is 33.1 Å². The quantitative estimate of drug-likeness (QED) is 0.582. The topological polar surface area (TPSA) is 77.8 Å². The van der Waals surface area contributed by atoms with Gasteiger partial charge in [-0.25, -0.2) is 0 Å². The highest BCUT2D eigenvalue weighted by atomic mass is 16.5. The van der Waals surface area contributed by atoms with Gasteiger partial charge in [0.1, 0.15) is 5.82 Å². The maximum atomic E-state index is 12.5. The molecule has 0 aliphatic carbocycles. The second-order valence-corrected chi connectivity index (χ2v) is 6.41. The molecule has 2 aromatic heterocycles. The van der Waals surface area contributed by atoms with Crippen molar-refractivity contribution >= 4 is 11.6 Å². The van der Waals surface area contributed by atoms with Crippen LogP contribution >= 0.6 is 0 Å². The molecular weight excluding hydrogens is 356 g/mol. The number of fused-ring (bicyclic) bond motifs is 1. The van der Waals surface area contributed by atoms with E-state index in [0.29, 0.717) is 43.2 Å². The molecule has 7 heteroatoms. The van der Waals surface area contributed by atoms with Crippen molar-refractivity contribution in [2.75, 3.05) is 19.8 Å². The fourth-order valence-electron chi connectivity index (χ4n) is 2.76. The minimum atomic E-state index is -0.155. The molecule has 3 rings (SSSR count). The van der Waals surface area contributed by atoms with Gasteiger partial charge in [-0.2, -0.15) is 0 Å². The summed E-state index contributed by atoms with van der Waals surface area (Å²) in [7, 11) is 0. The van der Waals surface area contributed by atoms with Crippen LogP contribution in [-0.2, 0) is 6.42 Å². The van der Waals surface area contributed by atoms with Gasteiger partial charge in [-0.3, -0.25) is 9.20 Å². The lowest BCUT2D eigenvalue weighted by Crippen LogP contribution is -2.26. The number of pyridine rings is 1. The van der Waals surface area contributed by atoms with Crippen molar-refractivity contribution in [3.8, 4) is 11.5 Å². The molecule has 28 heavy (non-hydrogen) atoms. The number of carbonyl (C=O) groups is 1. The Hall–Kier alpha value is -3.09. The summed E-state index contributed by atoms with van der Waals surface area (Å²) < 4.78 is 13.4. The highest BCUT2D eigenvalue weighted by Gasteiger charge is 2.12. The molecule has 1 amide bonds. The number of ether oxygens (including phenoxy) is 2. The van der Waals surface area contributed by atoms with Gasteiger partial charge in [-0.05, 0) is 43.2 Å². The summed E-state index contributed by atoms with van der Waals surface area (Å²) in [6.45, 7) is 5.74. The fraction of sp³-hybridized carbons (Fsp3) is 0.381. The molecule has 3 aromatic rings. The van der Waals surface area contributed by atoms with Crippen molar-refractivity contribution in [1.82, 2.24) is 19.9 Å². The Morgan fingerprint density at radius 3 is 2.61 bits per heavy atom. The standard InChI is InChI=1S/C21H26N4O3/c1-3-13-27-17-9-8-16(15-18(17)28-14-4-2)21(26)22-11-10-20-24-23-19-7-5-6-12-25(19)20/h5-9,12,15H,3-4,10-11,13-14H2,1-2H3,(H,22,26). The van der Waals surface area contributed by atoms with E-state index in [1.165, 1.54) is 0 Å². The number of nitrogens with one attached hydrogen (secondary N) is 1. The Kier molecular flexibility index (Phi) is 6.84. The summed E-state index contributed by atoms with van der Waals surface area (Å²) in [5.41, 5.74) is 1.34. The highest BCUT2D eigenvalue weighted by molar-refractivity contribution is 5.94. The summed E-state index contributed by atoms with van der Waals surface area (Å²) in [6, 6.07) is 11.0. The third-order valence-corrected chi connectivity index (χ3v) is 4.15. The predicted octanol–water partition coefficient (Wildman–Crippen LogP) is 3.28. The van der Waals surface area contributed by atoms with Gasteiger partial charge >= 0.3 is 0 Å². The van der Waals surface area contributed by atoms with E-state index >= 15 is 0 Å². The number of benzene rings is 1. The van der Waals surface area contributed by atoms with Crippen LogP contribution in [0.3, 0.4) is 0 Å². The maximum Gasteiger partial charge on any atom is 0.251 e. The van der Waals surface area contributed by atoms with Crippen LogP contribution in [0, 0.1) is 0 Å². The van der Waals surface area contributed by atoms with Gasteiger partial charge in [0.05, 0.1) is 13.2 Å². The predicted molar refractivity (Wildman–Crippen MR) is 107 cm³/mol. The van der Waals surface area contributed by atoms with Gasteiger partial charge in [-0.1, -0.05) is 19.9 Å². The van der Waals surface area contributed by atoms with E-state index in [9.17, 15) is 4.79 Å². The molecule has 0 saturated carbocycles. The molecule has 0 fully saturated rings. The molecule has 0 aliphatic heterocycles. The number of hydrogen-bond donors (Lipinski definition) is 1. The Morgan fingerprint density at radius 1 is 1.04 bits per heavy atom. The van der Waals surface area contributed by atoms with Gasteiger partial charge in [0, 0.05) is 24.7 Å². The lowest BCUT2D eigenvalue weighted by Gasteiger charge is -2.13. The van der Waals surface area contributed by atoms with E-state index in [0.717, 1.165) is 24.3 Å². The number of aromatic nitrogens is 3. The lowest BCUT2D eigenvalue weighted by molar-refractivity contribution is 0.0953. The Bertz CT molecular complexity index is 923. The van der Waals surface area contributed by atoms with Crippen LogP contribution < -0.4 is 14.8 Å². The van der Waals surface area contributed by atoms with E-state index in [1.54, 1.807) is 18.2 Å². The zero-order valence-corrected chi connectivity index (χ0v) is 16.4. The highest BCUT2D eigenvalue weighted by Crippen LogP contribution is 2.29. The smallest absolute Gasteiger partial charge is 0.251 e. The molecule has 7 nitrogen and oxygen atoms in total. The first kappa shape index (κ1) is 19.7. The minimum absolute atomic E-state index is 0.155. The second kappa shape index (κ2) is 9.73. The summed E-state index contributed by atoms with van der Waals surface area (Å²) >= 11 is 0. The number of rotatable bonds is 10. The Balaban J connectivity index is 1.62. The van der Waals surface area contributed by atoms with Crippen LogP contribution in [0.25, 0.3) is 5.65 Å². The zero-order valence-electron chi connectivity index (χ0n) is 16.4. The number of nitrogens with zero attached hydrogens (tertiary/aromatic N) is 3. The van der Waals surface area contributed by atoms with Crippen molar-refractivity contribution in [3.05, 3.63) is 54.0 Å². The van der Waals surface area contributed by atoms with Gasteiger partial charge in [0.2, 0.25) is 0 Å². The van der Waals surface area contributed by atoms with Crippen molar-refractivity contribution < 1.29 is 14.3 Å². The summed E-state index contributed by atoms with van der Waals surface area (Å²) in [5.74, 6) is 1.93. The van der Waals surface area contributed by atoms with E-state index in [1.807, 2.05) is 42.6 Å². The van der Waals surface area contributed by atoms with E-state index in [2.05, 4.69) is 15.5 Å². The van der Waals surface area contributed by atoms with Gasteiger partial charge in [-0.15, -0.1) is 10.2 Å². The first-order valence-electron chi connectivity index (χ1n) is 9.69. The monoisotopic (exact) mass is 382 g/mol. The zero-order chi connectivity index (χ0) is 19.8. The summed E-state index contributed by atoms with van der Waals surface area (Å²) in [6.07, 6.45) is 4.30. The normalized spacial score (nSPS) is 10.8. The van der Waals surface area contributed by atoms with Crippen LogP contribution in [0.4, 0.5) is 0 Å². The molecular formula is C21H26N4O3. The van der Waals surface area contributed by atoms with Crippen LogP contribution in [0.5, 0.6) is 11.5 Å². The molecule has 0 saturated heterocycles. The lowest BCUT2D eigenvalue weighted by atomic mass is 10.2. The molecule has 0 unspecified atom stereocenters. The average molecular weight is 382 g/mol. The molecule has 0 radical (unpaired) electrons. The fourth-order valence-corrected chi connectivity index (χ4v) is 2.76. The Labute approximate surface area is 164 Å². The van der Waals surface area contributed by atoms with Crippen LogP contribution in [0.2, 0.25) is 0 Å². The van der Waals surface area contributed by atoms with E-state index < -0.39 is 0 Å². The first-order chi connectivity index (χ1) is 13.7. The van der Waals surface area contributed by atoms with Gasteiger partial charge in [0.25, 0.3) is 5.91 Å². The molecule has 1 aromatic carbocycles. The summed E-state index contributed by atoms with van der Waals surface area (Å²) in [5, 5.41) is 11.2. The molecule has 2 heterocycles. The number of hydrogen-bond acceptors (Lipinski definition) is 5. The molecule has 0 atom stereocenters. The van der Waals surface area contributed by atoms with Crippen molar-refractivity contribution in [2.24, 2.45) is 0 Å². The van der Waals surface area contributed by atoms with Crippen LogP contribution in [0.1, 0.15) is 42.9 Å². The number of amides is 1. The molecule has 1 N–H and O–H groups in total. The number of carbonyl (C=O) groups excluding carboxylic acids is 1.